The molecule has 3 aromatic rings. The van der Waals surface area contributed by atoms with Crippen LogP contribution < -0.4 is 5.56 Å². The van der Waals surface area contributed by atoms with Gasteiger partial charge < -0.3 is 10.1 Å². The molecule has 0 aliphatic carbocycles. The highest BCUT2D eigenvalue weighted by atomic mass is 16.3. The van der Waals surface area contributed by atoms with E-state index in [1.165, 1.54) is 0 Å². The summed E-state index contributed by atoms with van der Waals surface area (Å²) < 4.78 is 0. The van der Waals surface area contributed by atoms with E-state index >= 15 is 0 Å². The molecule has 94 valence electrons. The van der Waals surface area contributed by atoms with Gasteiger partial charge in [-0.1, -0.05) is 24.3 Å². The van der Waals surface area contributed by atoms with E-state index in [-0.39, 0.29) is 11.3 Å². The molecule has 1 aromatic heterocycles. The Balaban J connectivity index is 2.30. The molecule has 4 nitrogen and oxygen atoms in total. The van der Waals surface area contributed by atoms with Crippen LogP contribution in [-0.4, -0.2) is 15.1 Å². The van der Waals surface area contributed by atoms with Gasteiger partial charge in [0.1, 0.15) is 11.6 Å². The zero-order chi connectivity index (χ0) is 13.4. The maximum absolute atomic E-state index is 12.1. The van der Waals surface area contributed by atoms with Crippen molar-refractivity contribution in [3.05, 3.63) is 58.4 Å². The van der Waals surface area contributed by atoms with E-state index in [1.807, 2.05) is 25.1 Å². The number of fused-ring (bicyclic) bond motifs is 1. The van der Waals surface area contributed by atoms with E-state index in [9.17, 15) is 9.90 Å². The third-order valence-electron chi connectivity index (χ3n) is 3.06. The monoisotopic (exact) mass is 252 g/mol. The average Bonchev–Trinajstić information content (AvgIpc) is 2.38. The summed E-state index contributed by atoms with van der Waals surface area (Å²) in [5.41, 5.74) is 2.07. The van der Waals surface area contributed by atoms with Gasteiger partial charge in [-0.25, -0.2) is 4.98 Å². The third kappa shape index (κ3) is 1.97. The van der Waals surface area contributed by atoms with Gasteiger partial charge in [-0.05, 0) is 30.7 Å². The Morgan fingerprint density at radius 3 is 2.74 bits per heavy atom. The molecular weight excluding hydrogens is 240 g/mol. The van der Waals surface area contributed by atoms with Gasteiger partial charge in [-0.2, -0.15) is 0 Å². The highest BCUT2D eigenvalue weighted by Gasteiger charge is 2.07. The van der Waals surface area contributed by atoms with E-state index in [1.54, 1.807) is 24.3 Å². The van der Waals surface area contributed by atoms with E-state index in [0.717, 1.165) is 5.56 Å². The number of H-pyrrole nitrogens is 1. The minimum absolute atomic E-state index is 0.143. The van der Waals surface area contributed by atoms with Crippen molar-refractivity contribution in [2.45, 2.75) is 6.92 Å². The smallest absolute Gasteiger partial charge is 0.259 e. The highest BCUT2D eigenvalue weighted by molar-refractivity contribution is 5.82. The van der Waals surface area contributed by atoms with Gasteiger partial charge in [-0.3, -0.25) is 4.79 Å². The second-order valence-corrected chi connectivity index (χ2v) is 4.43. The van der Waals surface area contributed by atoms with E-state index in [4.69, 9.17) is 0 Å². The molecule has 2 aromatic carbocycles. The molecule has 3 rings (SSSR count). The van der Waals surface area contributed by atoms with Crippen LogP contribution in [0.2, 0.25) is 0 Å². The third-order valence-corrected chi connectivity index (χ3v) is 3.06. The average molecular weight is 252 g/mol. The van der Waals surface area contributed by atoms with Crippen molar-refractivity contribution in [3.8, 4) is 17.1 Å². The van der Waals surface area contributed by atoms with Crippen LogP contribution in [0.15, 0.2) is 47.3 Å². The molecule has 1 heterocycles. The summed E-state index contributed by atoms with van der Waals surface area (Å²) in [4.78, 5) is 19.3. The number of benzene rings is 2. The molecule has 0 bridgehead atoms. The van der Waals surface area contributed by atoms with E-state index in [2.05, 4.69) is 9.97 Å². The van der Waals surface area contributed by atoms with Crippen LogP contribution in [0.1, 0.15) is 5.56 Å². The number of aromatic hydroxyl groups is 1. The number of aryl methyl sites for hydroxylation is 1. The van der Waals surface area contributed by atoms with Crippen molar-refractivity contribution in [2.24, 2.45) is 0 Å². The van der Waals surface area contributed by atoms with Gasteiger partial charge in [0.15, 0.2) is 0 Å². The SMILES string of the molecule is Cc1cccc2nc(-c3cccc(O)c3)[nH]c(=O)c12. The van der Waals surface area contributed by atoms with Crippen molar-refractivity contribution < 1.29 is 5.11 Å². The van der Waals surface area contributed by atoms with Gasteiger partial charge in [0.25, 0.3) is 5.56 Å². The largest absolute Gasteiger partial charge is 0.508 e. The van der Waals surface area contributed by atoms with Gasteiger partial charge in [-0.15, -0.1) is 0 Å². The summed E-state index contributed by atoms with van der Waals surface area (Å²) in [6, 6.07) is 12.2. The molecule has 0 aliphatic rings. The summed E-state index contributed by atoms with van der Waals surface area (Å²) in [5.74, 6) is 0.600. The van der Waals surface area contributed by atoms with Gasteiger partial charge in [0.05, 0.1) is 10.9 Å². The fourth-order valence-corrected chi connectivity index (χ4v) is 2.15. The first-order valence-electron chi connectivity index (χ1n) is 5.94. The van der Waals surface area contributed by atoms with Crippen molar-refractivity contribution in [3.63, 3.8) is 0 Å². The number of hydrogen-bond donors (Lipinski definition) is 2. The molecule has 0 amide bonds. The van der Waals surface area contributed by atoms with Gasteiger partial charge >= 0.3 is 0 Å². The number of aromatic amines is 1. The Labute approximate surface area is 109 Å². The number of nitrogens with one attached hydrogen (secondary N) is 1. The van der Waals surface area contributed by atoms with Crippen LogP contribution in [0.3, 0.4) is 0 Å². The van der Waals surface area contributed by atoms with Crippen LogP contribution >= 0.6 is 0 Å². The normalized spacial score (nSPS) is 10.8. The van der Waals surface area contributed by atoms with Crippen molar-refractivity contribution in [2.75, 3.05) is 0 Å². The topological polar surface area (TPSA) is 66.0 Å². The Hall–Kier alpha value is -2.62. The zero-order valence-electron chi connectivity index (χ0n) is 10.3. The lowest BCUT2D eigenvalue weighted by Crippen LogP contribution is -2.10. The highest BCUT2D eigenvalue weighted by Crippen LogP contribution is 2.21. The first-order valence-corrected chi connectivity index (χ1v) is 5.94. The maximum atomic E-state index is 12.1. The first-order chi connectivity index (χ1) is 9.15. The molecule has 0 unspecified atom stereocenters. The van der Waals surface area contributed by atoms with Crippen LogP contribution in [0, 0.1) is 6.92 Å². The molecule has 0 saturated carbocycles. The molecule has 0 atom stereocenters. The van der Waals surface area contributed by atoms with Gasteiger partial charge in [0, 0.05) is 5.56 Å². The summed E-state index contributed by atoms with van der Waals surface area (Å²) in [5, 5.41) is 10.1. The quantitative estimate of drug-likeness (QED) is 0.699. The summed E-state index contributed by atoms with van der Waals surface area (Å²) in [6.45, 7) is 1.88. The number of aromatic nitrogens is 2. The Kier molecular flexibility index (Phi) is 2.56. The van der Waals surface area contributed by atoms with Crippen LogP contribution in [0.25, 0.3) is 22.3 Å². The number of rotatable bonds is 1. The number of phenolic OH excluding ortho intramolecular Hbond substituents is 1. The summed E-state index contributed by atoms with van der Waals surface area (Å²) in [6.07, 6.45) is 0. The lowest BCUT2D eigenvalue weighted by atomic mass is 10.1. The molecule has 4 heteroatoms. The van der Waals surface area contributed by atoms with E-state index in [0.29, 0.717) is 22.3 Å². The Morgan fingerprint density at radius 1 is 1.16 bits per heavy atom. The molecule has 2 N–H and O–H groups in total. The predicted octanol–water partition coefficient (Wildman–Crippen LogP) is 2.60. The standard InChI is InChI=1S/C15H12N2O2/c1-9-4-2-7-12-13(9)15(19)17-14(16-12)10-5-3-6-11(18)8-10/h2-8,18H,1H3,(H,16,17,19). The number of hydrogen-bond acceptors (Lipinski definition) is 3. The second kappa shape index (κ2) is 4.24. The fraction of sp³-hybridized carbons (Fsp3) is 0.0667. The lowest BCUT2D eigenvalue weighted by molar-refractivity contribution is 0.475. The minimum atomic E-state index is -0.165. The van der Waals surface area contributed by atoms with Crippen molar-refractivity contribution in [1.82, 2.24) is 9.97 Å². The Bertz CT molecular complexity index is 822. The molecule has 0 saturated heterocycles. The molecule has 0 fully saturated rings. The Morgan fingerprint density at radius 2 is 1.95 bits per heavy atom. The first kappa shape index (κ1) is 11.5. The molecular formula is C15H12N2O2. The molecule has 0 aliphatic heterocycles. The second-order valence-electron chi connectivity index (χ2n) is 4.43. The van der Waals surface area contributed by atoms with Crippen LogP contribution in [0.4, 0.5) is 0 Å². The van der Waals surface area contributed by atoms with Crippen LogP contribution in [0.5, 0.6) is 5.75 Å². The van der Waals surface area contributed by atoms with Crippen LogP contribution in [-0.2, 0) is 0 Å². The molecule has 0 radical (unpaired) electrons. The fourth-order valence-electron chi connectivity index (χ4n) is 2.15. The molecule has 0 spiro atoms. The maximum Gasteiger partial charge on any atom is 0.259 e. The predicted molar refractivity (Wildman–Crippen MR) is 74.2 cm³/mol. The summed E-state index contributed by atoms with van der Waals surface area (Å²) in [7, 11) is 0. The zero-order valence-corrected chi connectivity index (χ0v) is 10.3. The lowest BCUT2D eigenvalue weighted by Gasteiger charge is -2.05. The number of nitrogens with zero attached hydrogens (tertiary/aromatic N) is 1. The summed E-state index contributed by atoms with van der Waals surface area (Å²) >= 11 is 0. The molecule has 19 heavy (non-hydrogen) atoms. The van der Waals surface area contributed by atoms with E-state index < -0.39 is 0 Å². The van der Waals surface area contributed by atoms with Crippen molar-refractivity contribution in [1.29, 1.82) is 0 Å². The number of phenols is 1. The minimum Gasteiger partial charge on any atom is -0.508 e. The van der Waals surface area contributed by atoms with Gasteiger partial charge in [0.2, 0.25) is 0 Å². The van der Waals surface area contributed by atoms with Crippen molar-refractivity contribution >= 4 is 10.9 Å².